The van der Waals surface area contributed by atoms with E-state index in [1.807, 2.05) is 30.3 Å². The van der Waals surface area contributed by atoms with Gasteiger partial charge in [-0.15, -0.1) is 0 Å². The maximum absolute atomic E-state index is 13.2. The molecule has 2 aliphatic rings. The molecule has 0 unspecified atom stereocenters. The summed E-state index contributed by atoms with van der Waals surface area (Å²) in [6.45, 7) is 0. The number of nitrogens with one attached hydrogen (secondary N) is 2. The number of benzene rings is 2. The van der Waals surface area contributed by atoms with Gasteiger partial charge >= 0.3 is 0 Å². The number of carbonyl (C=O) groups is 2. The molecule has 2 aliphatic carbocycles. The lowest BCUT2D eigenvalue weighted by atomic mass is 9.78. The summed E-state index contributed by atoms with van der Waals surface area (Å²) in [5, 5.41) is 6.24. The molecule has 4 heteroatoms. The van der Waals surface area contributed by atoms with Crippen LogP contribution in [0.15, 0.2) is 54.6 Å². The minimum atomic E-state index is -0.446. The van der Waals surface area contributed by atoms with Crippen LogP contribution in [-0.2, 0) is 10.2 Å². The number of anilines is 1. The first-order valence-electron chi connectivity index (χ1n) is 11.0. The third-order valence-electron chi connectivity index (χ3n) is 6.56. The maximum Gasteiger partial charge on any atom is 0.251 e. The molecule has 2 aromatic rings. The van der Waals surface area contributed by atoms with Gasteiger partial charge in [-0.3, -0.25) is 9.59 Å². The Kier molecular flexibility index (Phi) is 5.98. The Morgan fingerprint density at radius 3 is 2.10 bits per heavy atom. The monoisotopic (exact) mass is 390 g/mol. The van der Waals surface area contributed by atoms with E-state index < -0.39 is 5.41 Å². The highest BCUT2D eigenvalue weighted by atomic mass is 16.2. The summed E-state index contributed by atoms with van der Waals surface area (Å²) in [4.78, 5) is 25.7. The fraction of sp³-hybridized carbons (Fsp3) is 0.440. The molecule has 29 heavy (non-hydrogen) atoms. The van der Waals surface area contributed by atoms with Crippen LogP contribution in [0.25, 0.3) is 0 Å². The van der Waals surface area contributed by atoms with Gasteiger partial charge in [0.1, 0.15) is 0 Å². The zero-order chi connectivity index (χ0) is 20.1. The summed E-state index contributed by atoms with van der Waals surface area (Å²) in [7, 11) is 0. The van der Waals surface area contributed by atoms with Crippen molar-refractivity contribution in [1.82, 2.24) is 5.32 Å². The lowest BCUT2D eigenvalue weighted by molar-refractivity contribution is -0.121. The van der Waals surface area contributed by atoms with E-state index in [1.54, 1.807) is 12.1 Å². The number of amides is 2. The van der Waals surface area contributed by atoms with Crippen molar-refractivity contribution in [2.45, 2.75) is 69.2 Å². The Morgan fingerprint density at radius 1 is 0.793 bits per heavy atom. The summed E-state index contributed by atoms with van der Waals surface area (Å²) in [5.74, 6) is 0.0342. The van der Waals surface area contributed by atoms with E-state index in [0.29, 0.717) is 11.6 Å². The Hall–Kier alpha value is -2.62. The second kappa shape index (κ2) is 8.81. The van der Waals surface area contributed by atoms with Gasteiger partial charge in [0.05, 0.1) is 5.41 Å². The zero-order valence-electron chi connectivity index (χ0n) is 17.0. The zero-order valence-corrected chi connectivity index (χ0v) is 17.0. The largest absolute Gasteiger partial charge is 0.349 e. The third-order valence-corrected chi connectivity index (χ3v) is 6.56. The molecule has 0 aliphatic heterocycles. The standard InChI is InChI=1S/C25H30N2O2/c28-23(26-21-11-5-2-6-12-21)19-13-15-22(16-14-19)27-24(29)25(17-7-8-18-25)20-9-3-1-4-10-20/h1,3-4,9-10,13-16,21H,2,5-8,11-12,17-18H2,(H,26,28)(H,27,29). The van der Waals surface area contributed by atoms with Gasteiger partial charge in [0.25, 0.3) is 5.91 Å². The van der Waals surface area contributed by atoms with Crippen LogP contribution < -0.4 is 10.6 Å². The molecule has 0 aromatic heterocycles. The number of hydrogen-bond acceptors (Lipinski definition) is 2. The van der Waals surface area contributed by atoms with Crippen LogP contribution in [0.5, 0.6) is 0 Å². The quantitative estimate of drug-likeness (QED) is 0.737. The van der Waals surface area contributed by atoms with Crippen LogP contribution in [0.2, 0.25) is 0 Å². The van der Waals surface area contributed by atoms with Crippen molar-refractivity contribution in [1.29, 1.82) is 0 Å². The molecule has 2 N–H and O–H groups in total. The molecule has 152 valence electrons. The molecule has 0 saturated heterocycles. The van der Waals surface area contributed by atoms with E-state index in [1.165, 1.54) is 19.3 Å². The molecule has 4 nitrogen and oxygen atoms in total. The second-order valence-electron chi connectivity index (χ2n) is 8.50. The van der Waals surface area contributed by atoms with E-state index in [2.05, 4.69) is 22.8 Å². The average molecular weight is 391 g/mol. The molecule has 2 amide bonds. The van der Waals surface area contributed by atoms with Crippen LogP contribution in [0.1, 0.15) is 73.7 Å². The highest BCUT2D eigenvalue weighted by Crippen LogP contribution is 2.42. The number of hydrogen-bond donors (Lipinski definition) is 2. The molecule has 2 fully saturated rings. The molecular weight excluding hydrogens is 360 g/mol. The Labute approximate surface area is 173 Å². The molecule has 0 atom stereocenters. The molecule has 2 aromatic carbocycles. The van der Waals surface area contributed by atoms with Crippen molar-refractivity contribution in [2.75, 3.05) is 5.32 Å². The maximum atomic E-state index is 13.2. The first kappa shape index (κ1) is 19.7. The lowest BCUT2D eigenvalue weighted by Crippen LogP contribution is -2.38. The third kappa shape index (κ3) is 4.36. The second-order valence-corrected chi connectivity index (χ2v) is 8.50. The first-order chi connectivity index (χ1) is 14.2. The van der Waals surface area contributed by atoms with E-state index in [0.717, 1.165) is 49.8 Å². The Morgan fingerprint density at radius 2 is 1.45 bits per heavy atom. The number of rotatable bonds is 5. The van der Waals surface area contributed by atoms with Crippen molar-refractivity contribution >= 4 is 17.5 Å². The van der Waals surface area contributed by atoms with Crippen LogP contribution in [-0.4, -0.2) is 17.9 Å². The Bertz CT molecular complexity index is 833. The summed E-state index contributed by atoms with van der Waals surface area (Å²) >= 11 is 0. The minimum absolute atomic E-state index is 0.0219. The topological polar surface area (TPSA) is 58.2 Å². The first-order valence-corrected chi connectivity index (χ1v) is 11.0. The smallest absolute Gasteiger partial charge is 0.251 e. The van der Waals surface area contributed by atoms with Gasteiger partial charge in [0, 0.05) is 17.3 Å². The molecule has 0 radical (unpaired) electrons. The van der Waals surface area contributed by atoms with Gasteiger partial charge in [-0.1, -0.05) is 62.4 Å². The van der Waals surface area contributed by atoms with Gasteiger partial charge in [-0.25, -0.2) is 0 Å². The van der Waals surface area contributed by atoms with E-state index in [-0.39, 0.29) is 11.8 Å². The van der Waals surface area contributed by atoms with Gasteiger partial charge in [0.2, 0.25) is 5.91 Å². The van der Waals surface area contributed by atoms with Crippen LogP contribution >= 0.6 is 0 Å². The normalized spacial score (nSPS) is 18.9. The van der Waals surface area contributed by atoms with E-state index in [9.17, 15) is 9.59 Å². The van der Waals surface area contributed by atoms with Crippen molar-refractivity contribution in [3.8, 4) is 0 Å². The molecule has 0 bridgehead atoms. The van der Waals surface area contributed by atoms with Gasteiger partial charge < -0.3 is 10.6 Å². The summed E-state index contributed by atoms with van der Waals surface area (Å²) in [6, 6.07) is 17.7. The highest BCUT2D eigenvalue weighted by molar-refractivity contribution is 6.00. The molecule has 4 rings (SSSR count). The predicted molar refractivity (Wildman–Crippen MR) is 116 cm³/mol. The van der Waals surface area contributed by atoms with E-state index >= 15 is 0 Å². The molecule has 2 saturated carbocycles. The molecule has 0 heterocycles. The summed E-state index contributed by atoms with van der Waals surface area (Å²) < 4.78 is 0. The van der Waals surface area contributed by atoms with Crippen molar-refractivity contribution in [2.24, 2.45) is 0 Å². The highest BCUT2D eigenvalue weighted by Gasteiger charge is 2.42. The molecule has 0 spiro atoms. The minimum Gasteiger partial charge on any atom is -0.349 e. The van der Waals surface area contributed by atoms with Gasteiger partial charge in [-0.2, -0.15) is 0 Å². The van der Waals surface area contributed by atoms with Crippen molar-refractivity contribution in [3.63, 3.8) is 0 Å². The van der Waals surface area contributed by atoms with Crippen LogP contribution in [0, 0.1) is 0 Å². The molecular formula is C25H30N2O2. The van der Waals surface area contributed by atoms with Crippen LogP contribution in [0.3, 0.4) is 0 Å². The average Bonchev–Trinajstić information content (AvgIpc) is 3.27. The van der Waals surface area contributed by atoms with Crippen molar-refractivity contribution < 1.29 is 9.59 Å². The van der Waals surface area contributed by atoms with Crippen LogP contribution in [0.4, 0.5) is 5.69 Å². The fourth-order valence-electron chi connectivity index (χ4n) is 4.85. The van der Waals surface area contributed by atoms with E-state index in [4.69, 9.17) is 0 Å². The van der Waals surface area contributed by atoms with Gasteiger partial charge in [-0.05, 0) is 55.5 Å². The fourth-order valence-corrected chi connectivity index (χ4v) is 4.85. The lowest BCUT2D eigenvalue weighted by Gasteiger charge is -2.28. The number of carbonyl (C=O) groups excluding carboxylic acids is 2. The van der Waals surface area contributed by atoms with Gasteiger partial charge in [0.15, 0.2) is 0 Å². The van der Waals surface area contributed by atoms with Crippen molar-refractivity contribution in [3.05, 3.63) is 65.7 Å². The Balaban J connectivity index is 1.42. The summed E-state index contributed by atoms with van der Waals surface area (Å²) in [5.41, 5.74) is 2.04. The predicted octanol–water partition coefficient (Wildman–Crippen LogP) is 5.20. The summed E-state index contributed by atoms with van der Waals surface area (Å²) in [6.07, 6.45) is 9.70. The SMILES string of the molecule is O=C(NC1CCCCC1)c1ccc(NC(=O)C2(c3ccccc3)CCCC2)cc1.